The van der Waals surface area contributed by atoms with Gasteiger partial charge >= 0.3 is 0 Å². The second kappa shape index (κ2) is 8.03. The number of carbonyl (C=O) groups excluding carboxylic acids is 1. The van der Waals surface area contributed by atoms with Gasteiger partial charge in [-0.05, 0) is 31.2 Å². The summed E-state index contributed by atoms with van der Waals surface area (Å²) >= 11 is 6.07. The average Bonchev–Trinajstić information content (AvgIpc) is 3.30. The first-order valence-corrected chi connectivity index (χ1v) is 8.57. The zero-order chi connectivity index (χ0) is 19.4. The van der Waals surface area contributed by atoms with Crippen molar-refractivity contribution in [3.05, 3.63) is 58.5 Å². The molecule has 1 aromatic carbocycles. The van der Waals surface area contributed by atoms with Crippen molar-refractivity contribution in [3.63, 3.8) is 0 Å². The molecular weight excluding hydrogens is 368 g/mol. The van der Waals surface area contributed by atoms with Crippen LogP contribution in [-0.4, -0.2) is 37.0 Å². The summed E-state index contributed by atoms with van der Waals surface area (Å²) in [7, 11) is 0. The van der Waals surface area contributed by atoms with Crippen LogP contribution < -0.4 is 5.32 Å². The highest BCUT2D eigenvalue weighted by molar-refractivity contribution is 6.32. The summed E-state index contributed by atoms with van der Waals surface area (Å²) in [5.41, 5.74) is 2.64. The van der Waals surface area contributed by atoms with Crippen molar-refractivity contribution in [2.45, 2.75) is 26.1 Å². The maximum atomic E-state index is 12.2. The number of benzene rings is 1. The molecule has 3 rings (SSSR count). The lowest BCUT2D eigenvalue weighted by atomic mass is 10.1. The van der Waals surface area contributed by atoms with Gasteiger partial charge in [0.05, 0.1) is 35.1 Å². The van der Waals surface area contributed by atoms with E-state index < -0.39 is 0 Å². The number of aliphatic hydroxyl groups is 1. The number of aromatic amines is 1. The van der Waals surface area contributed by atoms with Gasteiger partial charge in [-0.2, -0.15) is 15.5 Å². The minimum Gasteiger partial charge on any atom is -0.390 e. The predicted octanol–water partition coefficient (Wildman–Crippen LogP) is 2.11. The Kier molecular flexibility index (Phi) is 5.54. The van der Waals surface area contributed by atoms with Gasteiger partial charge in [0, 0.05) is 17.8 Å². The fourth-order valence-corrected chi connectivity index (χ4v) is 2.79. The van der Waals surface area contributed by atoms with Crippen molar-refractivity contribution in [1.82, 2.24) is 25.3 Å². The van der Waals surface area contributed by atoms with Crippen molar-refractivity contribution in [2.24, 2.45) is 0 Å². The summed E-state index contributed by atoms with van der Waals surface area (Å²) in [6.07, 6.45) is 1.81. The number of carbonyl (C=O) groups is 1. The summed E-state index contributed by atoms with van der Waals surface area (Å²) in [5, 5.41) is 32.1. The number of aromatic nitrogens is 4. The molecule has 1 amide bonds. The van der Waals surface area contributed by atoms with Crippen LogP contribution in [0.25, 0.3) is 11.3 Å². The van der Waals surface area contributed by atoms with E-state index in [1.54, 1.807) is 22.9 Å². The van der Waals surface area contributed by atoms with Crippen LogP contribution >= 0.6 is 11.6 Å². The summed E-state index contributed by atoms with van der Waals surface area (Å²) in [5.74, 6) is -0.329. The summed E-state index contributed by atoms with van der Waals surface area (Å²) < 4.78 is 1.72. The Morgan fingerprint density at radius 2 is 2.26 bits per heavy atom. The van der Waals surface area contributed by atoms with Crippen molar-refractivity contribution in [3.8, 4) is 17.3 Å². The van der Waals surface area contributed by atoms with Gasteiger partial charge in [-0.25, -0.2) is 0 Å². The molecule has 0 saturated heterocycles. The van der Waals surface area contributed by atoms with Crippen LogP contribution in [0, 0.1) is 11.3 Å². The van der Waals surface area contributed by atoms with Gasteiger partial charge in [-0.1, -0.05) is 17.7 Å². The highest BCUT2D eigenvalue weighted by atomic mass is 35.5. The van der Waals surface area contributed by atoms with Gasteiger partial charge in [-0.3, -0.25) is 14.6 Å². The van der Waals surface area contributed by atoms with Crippen LogP contribution in [0.5, 0.6) is 0 Å². The van der Waals surface area contributed by atoms with Crippen molar-refractivity contribution in [2.75, 3.05) is 0 Å². The zero-order valence-corrected chi connectivity index (χ0v) is 15.2. The Morgan fingerprint density at radius 3 is 2.93 bits per heavy atom. The lowest BCUT2D eigenvalue weighted by Gasteiger charge is -2.13. The SMILES string of the molecule is C[C@@H](Cn1ccc(-c2ccc(C#N)c(Cl)c2)n1)NC(=O)c1cc(CO)[nH]n1. The summed E-state index contributed by atoms with van der Waals surface area (Å²) in [6.45, 7) is 2.12. The van der Waals surface area contributed by atoms with E-state index >= 15 is 0 Å². The van der Waals surface area contributed by atoms with E-state index in [4.69, 9.17) is 22.0 Å². The third kappa shape index (κ3) is 4.34. The number of nitrogens with zero attached hydrogens (tertiary/aromatic N) is 4. The van der Waals surface area contributed by atoms with Gasteiger partial charge in [0.1, 0.15) is 11.8 Å². The molecule has 27 heavy (non-hydrogen) atoms. The van der Waals surface area contributed by atoms with E-state index in [0.29, 0.717) is 22.8 Å². The van der Waals surface area contributed by atoms with Crippen LogP contribution in [0.4, 0.5) is 0 Å². The normalized spacial score (nSPS) is 11.8. The van der Waals surface area contributed by atoms with E-state index in [1.165, 1.54) is 6.07 Å². The van der Waals surface area contributed by atoms with Crippen LogP contribution in [-0.2, 0) is 13.2 Å². The minimum absolute atomic E-state index is 0.191. The van der Waals surface area contributed by atoms with Gasteiger partial charge in [-0.15, -0.1) is 0 Å². The quantitative estimate of drug-likeness (QED) is 0.601. The number of nitriles is 1. The topological polar surface area (TPSA) is 120 Å². The van der Waals surface area contributed by atoms with Crippen molar-refractivity contribution >= 4 is 17.5 Å². The molecule has 0 aliphatic rings. The smallest absolute Gasteiger partial charge is 0.272 e. The molecule has 0 fully saturated rings. The Morgan fingerprint density at radius 1 is 1.44 bits per heavy atom. The fraction of sp³-hybridized carbons (Fsp3) is 0.222. The van der Waals surface area contributed by atoms with E-state index in [9.17, 15) is 4.79 Å². The molecule has 0 aliphatic heterocycles. The number of rotatable bonds is 6. The monoisotopic (exact) mass is 384 g/mol. The van der Waals surface area contributed by atoms with Gasteiger partial charge < -0.3 is 10.4 Å². The lowest BCUT2D eigenvalue weighted by molar-refractivity contribution is 0.0931. The first-order chi connectivity index (χ1) is 13.0. The van der Waals surface area contributed by atoms with Gasteiger partial charge in [0.2, 0.25) is 0 Å². The molecule has 2 heterocycles. The average molecular weight is 385 g/mol. The molecule has 3 aromatic rings. The molecule has 1 atom stereocenters. The molecule has 2 aromatic heterocycles. The van der Waals surface area contributed by atoms with Crippen molar-refractivity contribution in [1.29, 1.82) is 5.26 Å². The number of amides is 1. The zero-order valence-electron chi connectivity index (χ0n) is 14.5. The van der Waals surface area contributed by atoms with E-state index in [2.05, 4.69) is 20.6 Å². The molecular formula is C18H17ClN6O2. The number of nitrogens with one attached hydrogen (secondary N) is 2. The predicted molar refractivity (Wildman–Crippen MR) is 98.8 cm³/mol. The molecule has 0 spiro atoms. The van der Waals surface area contributed by atoms with Crippen LogP contribution in [0.15, 0.2) is 36.5 Å². The Bertz CT molecular complexity index is 1000. The second-order valence-electron chi connectivity index (χ2n) is 6.04. The molecule has 3 N–H and O–H groups in total. The maximum Gasteiger partial charge on any atom is 0.272 e. The molecule has 0 aliphatic carbocycles. The molecule has 0 unspecified atom stereocenters. The summed E-state index contributed by atoms with van der Waals surface area (Å²) in [6, 6.07) is 10.3. The Labute approximate surface area is 160 Å². The first kappa shape index (κ1) is 18.6. The highest BCUT2D eigenvalue weighted by Crippen LogP contribution is 2.24. The van der Waals surface area contributed by atoms with E-state index in [1.807, 2.05) is 25.3 Å². The third-order valence-corrected chi connectivity index (χ3v) is 4.21. The Hall–Kier alpha value is -3.15. The number of hydrogen-bond donors (Lipinski definition) is 3. The molecule has 0 radical (unpaired) electrons. The second-order valence-corrected chi connectivity index (χ2v) is 6.45. The summed E-state index contributed by atoms with van der Waals surface area (Å²) in [4.78, 5) is 12.2. The molecule has 0 saturated carbocycles. The van der Waals surface area contributed by atoms with Crippen LogP contribution in [0.1, 0.15) is 28.7 Å². The number of hydrogen-bond acceptors (Lipinski definition) is 5. The Balaban J connectivity index is 1.64. The fourth-order valence-electron chi connectivity index (χ4n) is 2.57. The molecule has 8 nitrogen and oxygen atoms in total. The third-order valence-electron chi connectivity index (χ3n) is 3.90. The molecule has 138 valence electrons. The first-order valence-electron chi connectivity index (χ1n) is 8.19. The number of H-pyrrole nitrogens is 1. The number of aliphatic hydroxyl groups excluding tert-OH is 1. The minimum atomic E-state index is -0.329. The largest absolute Gasteiger partial charge is 0.390 e. The van der Waals surface area contributed by atoms with E-state index in [0.717, 1.165) is 11.3 Å². The van der Waals surface area contributed by atoms with Gasteiger partial charge in [0.25, 0.3) is 5.91 Å². The van der Waals surface area contributed by atoms with Gasteiger partial charge in [0.15, 0.2) is 0 Å². The number of halogens is 1. The highest BCUT2D eigenvalue weighted by Gasteiger charge is 2.14. The van der Waals surface area contributed by atoms with Crippen LogP contribution in [0.3, 0.4) is 0 Å². The lowest BCUT2D eigenvalue weighted by Crippen LogP contribution is -2.36. The van der Waals surface area contributed by atoms with E-state index in [-0.39, 0.29) is 24.2 Å². The molecule has 9 heteroatoms. The standard InChI is InChI=1S/C18H17ClN6O2/c1-11(21-18(27)17-7-14(10-26)22-23-17)9-25-5-4-16(24-25)12-2-3-13(8-20)15(19)6-12/h2-7,11,26H,9-10H2,1H3,(H,21,27)(H,22,23)/t11-/m0/s1. The van der Waals surface area contributed by atoms with Crippen LogP contribution in [0.2, 0.25) is 5.02 Å². The molecule has 0 bridgehead atoms. The van der Waals surface area contributed by atoms with Crippen molar-refractivity contribution < 1.29 is 9.90 Å². The maximum absolute atomic E-state index is 12.2.